The van der Waals surface area contributed by atoms with E-state index in [1.165, 1.54) is 11.9 Å². The Bertz CT molecular complexity index is 1230. The van der Waals surface area contributed by atoms with Crippen LogP contribution in [0.2, 0.25) is 5.02 Å². The van der Waals surface area contributed by atoms with E-state index in [0.717, 1.165) is 18.2 Å². The predicted molar refractivity (Wildman–Crippen MR) is 122 cm³/mol. The molecule has 0 aliphatic heterocycles. The minimum atomic E-state index is -4.03. The molecule has 0 radical (unpaired) electrons. The molecule has 9 heteroatoms. The van der Waals surface area contributed by atoms with Gasteiger partial charge in [0.2, 0.25) is 10.0 Å². The molecular formula is C23H22ClFN2O4S. The van der Waals surface area contributed by atoms with Crippen molar-refractivity contribution in [3.63, 3.8) is 0 Å². The molecule has 0 saturated heterocycles. The molecule has 0 atom stereocenters. The number of anilines is 1. The summed E-state index contributed by atoms with van der Waals surface area (Å²) >= 11 is 6.07. The normalized spacial score (nSPS) is 11.2. The van der Waals surface area contributed by atoms with E-state index in [2.05, 4.69) is 4.72 Å². The third-order valence-corrected chi connectivity index (χ3v) is 6.49. The van der Waals surface area contributed by atoms with Crippen LogP contribution in [0.3, 0.4) is 0 Å². The van der Waals surface area contributed by atoms with Crippen molar-refractivity contribution >= 4 is 33.2 Å². The first kappa shape index (κ1) is 23.7. The Balaban J connectivity index is 1.88. The molecule has 3 aromatic carbocycles. The zero-order valence-corrected chi connectivity index (χ0v) is 19.1. The van der Waals surface area contributed by atoms with Crippen LogP contribution in [0.25, 0.3) is 0 Å². The lowest BCUT2D eigenvalue weighted by molar-refractivity contribution is 0.0988. The van der Waals surface area contributed by atoms with E-state index in [9.17, 15) is 17.6 Å². The first-order chi connectivity index (χ1) is 15.2. The molecule has 0 heterocycles. The summed E-state index contributed by atoms with van der Waals surface area (Å²) in [4.78, 5) is 14.0. The van der Waals surface area contributed by atoms with Crippen LogP contribution in [0, 0.1) is 5.82 Å². The topological polar surface area (TPSA) is 75.7 Å². The number of amides is 1. The van der Waals surface area contributed by atoms with E-state index in [0.29, 0.717) is 28.6 Å². The highest BCUT2D eigenvalue weighted by Crippen LogP contribution is 2.29. The Hall–Kier alpha value is -2.94. The van der Waals surface area contributed by atoms with Crippen molar-refractivity contribution in [2.24, 2.45) is 0 Å². The number of nitrogens with zero attached hydrogens (tertiary/aromatic N) is 1. The van der Waals surface area contributed by atoms with Crippen molar-refractivity contribution in [3.8, 4) is 5.75 Å². The lowest BCUT2D eigenvalue weighted by Gasteiger charge is -2.21. The summed E-state index contributed by atoms with van der Waals surface area (Å²) in [6.45, 7) is 2.14. The quantitative estimate of drug-likeness (QED) is 0.514. The molecule has 0 saturated carbocycles. The highest BCUT2D eigenvalue weighted by atomic mass is 35.5. The second-order valence-corrected chi connectivity index (χ2v) is 9.00. The van der Waals surface area contributed by atoms with Crippen molar-refractivity contribution in [2.75, 3.05) is 18.6 Å². The fraction of sp³-hybridized carbons (Fsp3) is 0.174. The van der Waals surface area contributed by atoms with Gasteiger partial charge in [0.25, 0.3) is 5.91 Å². The molecule has 168 valence electrons. The van der Waals surface area contributed by atoms with Gasteiger partial charge in [-0.1, -0.05) is 41.9 Å². The molecule has 0 aliphatic rings. The summed E-state index contributed by atoms with van der Waals surface area (Å²) in [5.74, 6) is -1.09. The molecule has 0 unspecified atom stereocenters. The van der Waals surface area contributed by atoms with E-state index < -0.39 is 21.7 Å². The summed E-state index contributed by atoms with van der Waals surface area (Å²) in [7, 11) is -2.56. The molecule has 0 aliphatic carbocycles. The van der Waals surface area contributed by atoms with Gasteiger partial charge in [0.1, 0.15) is 11.6 Å². The molecule has 0 aromatic heterocycles. The standard InChI is InChI=1S/C23H22ClFN2O4S/c1-3-31-22-11-7-6-10-21(22)27(2)23(28)18-14-17(12-13-20(18)25)32(29,30)26-15-16-8-4-5-9-19(16)24/h4-14,26H,3,15H2,1-2H3. The molecular weight excluding hydrogens is 455 g/mol. The van der Waals surface area contributed by atoms with E-state index in [-0.39, 0.29) is 17.0 Å². The first-order valence-electron chi connectivity index (χ1n) is 9.77. The van der Waals surface area contributed by atoms with Crippen molar-refractivity contribution < 1.29 is 22.3 Å². The monoisotopic (exact) mass is 476 g/mol. The van der Waals surface area contributed by atoms with Gasteiger partial charge < -0.3 is 9.64 Å². The van der Waals surface area contributed by atoms with E-state index >= 15 is 0 Å². The summed E-state index contributed by atoms with van der Waals surface area (Å²) in [6, 6.07) is 16.7. The number of benzene rings is 3. The van der Waals surface area contributed by atoms with Crippen LogP contribution in [-0.2, 0) is 16.6 Å². The van der Waals surface area contributed by atoms with Gasteiger partial charge in [-0.2, -0.15) is 0 Å². The predicted octanol–water partition coefficient (Wildman–Crippen LogP) is 4.63. The lowest BCUT2D eigenvalue weighted by Crippen LogP contribution is -2.28. The number of para-hydroxylation sites is 2. The van der Waals surface area contributed by atoms with Gasteiger partial charge >= 0.3 is 0 Å². The number of nitrogens with one attached hydrogen (secondary N) is 1. The highest BCUT2D eigenvalue weighted by Gasteiger charge is 2.23. The van der Waals surface area contributed by atoms with E-state index in [1.54, 1.807) is 48.5 Å². The van der Waals surface area contributed by atoms with Crippen LogP contribution in [0.5, 0.6) is 5.75 Å². The highest BCUT2D eigenvalue weighted by molar-refractivity contribution is 7.89. The fourth-order valence-electron chi connectivity index (χ4n) is 3.04. The van der Waals surface area contributed by atoms with Crippen LogP contribution in [0.15, 0.2) is 71.6 Å². The molecule has 3 aromatic rings. The average molecular weight is 477 g/mol. The van der Waals surface area contributed by atoms with Crippen LogP contribution in [0.4, 0.5) is 10.1 Å². The number of hydrogen-bond donors (Lipinski definition) is 1. The van der Waals surface area contributed by atoms with Gasteiger partial charge in [0, 0.05) is 18.6 Å². The minimum absolute atomic E-state index is 0.0513. The summed E-state index contributed by atoms with van der Waals surface area (Å²) in [5.41, 5.74) is 0.645. The SMILES string of the molecule is CCOc1ccccc1N(C)C(=O)c1cc(S(=O)(=O)NCc2ccccc2Cl)ccc1F. The Morgan fingerprint density at radius 2 is 1.78 bits per heavy atom. The number of sulfonamides is 1. The lowest BCUT2D eigenvalue weighted by atomic mass is 10.1. The van der Waals surface area contributed by atoms with Gasteiger partial charge in [-0.15, -0.1) is 0 Å². The summed E-state index contributed by atoms with van der Waals surface area (Å²) < 4.78 is 48.0. The van der Waals surface area contributed by atoms with Crippen LogP contribution in [0.1, 0.15) is 22.8 Å². The van der Waals surface area contributed by atoms with Gasteiger partial charge in [0.05, 0.1) is 22.8 Å². The number of halogens is 2. The Morgan fingerprint density at radius 1 is 1.09 bits per heavy atom. The van der Waals surface area contributed by atoms with Crippen molar-refractivity contribution in [3.05, 3.63) is 88.7 Å². The molecule has 6 nitrogen and oxygen atoms in total. The second-order valence-electron chi connectivity index (χ2n) is 6.82. The molecule has 3 rings (SSSR count). The number of carbonyl (C=O) groups is 1. The Morgan fingerprint density at radius 3 is 2.50 bits per heavy atom. The third-order valence-electron chi connectivity index (χ3n) is 4.72. The molecule has 0 fully saturated rings. The van der Waals surface area contributed by atoms with Gasteiger partial charge in [-0.25, -0.2) is 17.5 Å². The van der Waals surface area contributed by atoms with Gasteiger partial charge in [0.15, 0.2) is 0 Å². The number of rotatable bonds is 8. The van der Waals surface area contributed by atoms with Crippen molar-refractivity contribution in [1.82, 2.24) is 4.72 Å². The maximum Gasteiger partial charge on any atom is 0.261 e. The third kappa shape index (κ3) is 5.27. The zero-order chi connectivity index (χ0) is 23.3. The maximum atomic E-state index is 14.5. The van der Waals surface area contributed by atoms with Crippen LogP contribution in [-0.4, -0.2) is 28.0 Å². The van der Waals surface area contributed by atoms with Crippen LogP contribution >= 0.6 is 11.6 Å². The van der Waals surface area contributed by atoms with E-state index in [4.69, 9.17) is 16.3 Å². The molecule has 0 spiro atoms. The van der Waals surface area contributed by atoms with Crippen LogP contribution < -0.4 is 14.4 Å². The molecule has 1 N–H and O–H groups in total. The molecule has 32 heavy (non-hydrogen) atoms. The van der Waals surface area contributed by atoms with Crippen molar-refractivity contribution in [1.29, 1.82) is 0 Å². The minimum Gasteiger partial charge on any atom is -0.492 e. The van der Waals surface area contributed by atoms with E-state index in [1.807, 2.05) is 6.92 Å². The number of carbonyl (C=O) groups excluding carboxylic acids is 1. The smallest absolute Gasteiger partial charge is 0.261 e. The Kier molecular flexibility index (Phi) is 7.50. The summed E-state index contributed by atoms with van der Waals surface area (Å²) in [5, 5.41) is 0.416. The fourth-order valence-corrected chi connectivity index (χ4v) is 4.27. The number of hydrogen-bond acceptors (Lipinski definition) is 4. The van der Waals surface area contributed by atoms with Gasteiger partial charge in [-0.3, -0.25) is 4.79 Å². The zero-order valence-electron chi connectivity index (χ0n) is 17.5. The first-order valence-corrected chi connectivity index (χ1v) is 11.6. The molecule has 0 bridgehead atoms. The molecule has 1 amide bonds. The average Bonchev–Trinajstić information content (AvgIpc) is 2.78. The maximum absolute atomic E-state index is 14.5. The largest absolute Gasteiger partial charge is 0.492 e. The Labute approximate surface area is 191 Å². The summed E-state index contributed by atoms with van der Waals surface area (Å²) in [6.07, 6.45) is 0. The van der Waals surface area contributed by atoms with Gasteiger partial charge in [-0.05, 0) is 48.9 Å². The number of ether oxygens (including phenoxy) is 1. The second kappa shape index (κ2) is 10.1. The van der Waals surface area contributed by atoms with Crippen molar-refractivity contribution in [2.45, 2.75) is 18.4 Å².